The van der Waals surface area contributed by atoms with Crippen LogP contribution in [0.3, 0.4) is 0 Å². The molecule has 1 unspecified atom stereocenters. The molecule has 2 amide bonds. The van der Waals surface area contributed by atoms with Gasteiger partial charge < -0.3 is 0 Å². The van der Waals surface area contributed by atoms with E-state index in [1.54, 1.807) is 0 Å². The van der Waals surface area contributed by atoms with Crippen LogP contribution in [-0.2, 0) is 0 Å². The molecule has 1 heterocycles. The third-order valence-electron chi connectivity index (χ3n) is 6.36. The summed E-state index contributed by atoms with van der Waals surface area (Å²) in [4.78, 5) is 27.4. The van der Waals surface area contributed by atoms with Crippen molar-refractivity contribution in [3.05, 3.63) is 47.0 Å². The van der Waals surface area contributed by atoms with E-state index in [9.17, 15) is 14.9 Å². The number of unbranched alkanes of at least 4 members (excludes halogenated alkanes) is 1. The molecule has 0 spiro atoms. The summed E-state index contributed by atoms with van der Waals surface area (Å²) in [6, 6.07) is 12.0. The highest BCUT2D eigenvalue weighted by molar-refractivity contribution is 6.25. The minimum absolute atomic E-state index is 0.187. The predicted octanol–water partition coefficient (Wildman–Crippen LogP) is 5.42. The van der Waals surface area contributed by atoms with Gasteiger partial charge in [-0.15, -0.1) is 0 Å². The third-order valence-corrected chi connectivity index (χ3v) is 6.36. The van der Waals surface area contributed by atoms with E-state index in [4.69, 9.17) is 0 Å². The smallest absolute Gasteiger partial charge is 0.261 e. The summed E-state index contributed by atoms with van der Waals surface area (Å²) in [6.07, 6.45) is 7.47. The maximum Gasteiger partial charge on any atom is 0.261 e. The maximum atomic E-state index is 13.0. The van der Waals surface area contributed by atoms with Crippen molar-refractivity contribution in [2.24, 2.45) is 5.92 Å². The van der Waals surface area contributed by atoms with Crippen molar-refractivity contribution in [2.45, 2.75) is 57.8 Å². The molecule has 4 nitrogen and oxygen atoms in total. The normalized spacial score (nSPS) is 18.4. The molecule has 1 fully saturated rings. The van der Waals surface area contributed by atoms with Gasteiger partial charge in [0, 0.05) is 23.1 Å². The number of nitrogens with zero attached hydrogens (tertiary/aromatic N) is 2. The summed E-state index contributed by atoms with van der Waals surface area (Å²) in [5.74, 6) is -0.250. The number of amides is 2. The first-order valence-electron chi connectivity index (χ1n) is 10.5. The molecule has 144 valence electrons. The van der Waals surface area contributed by atoms with Crippen LogP contribution in [0.1, 0.15) is 84.1 Å². The summed E-state index contributed by atoms with van der Waals surface area (Å²) in [5.41, 5.74) is 2.15. The lowest BCUT2D eigenvalue weighted by molar-refractivity contribution is 0.0608. The Morgan fingerprint density at radius 3 is 2.46 bits per heavy atom. The molecule has 0 bridgehead atoms. The van der Waals surface area contributed by atoms with Gasteiger partial charge in [-0.2, -0.15) is 5.26 Å². The molecule has 0 N–H and O–H groups in total. The van der Waals surface area contributed by atoms with Crippen molar-refractivity contribution < 1.29 is 9.59 Å². The van der Waals surface area contributed by atoms with Gasteiger partial charge in [0.15, 0.2) is 0 Å². The third kappa shape index (κ3) is 2.99. The Morgan fingerprint density at radius 2 is 1.79 bits per heavy atom. The SMILES string of the molecule is CCCCN1C(=O)c2cccc3c(C(C#N)C4CCCCC4)ccc(c23)C1=O. The van der Waals surface area contributed by atoms with Crippen LogP contribution in [0.25, 0.3) is 10.8 Å². The highest BCUT2D eigenvalue weighted by Crippen LogP contribution is 2.41. The van der Waals surface area contributed by atoms with E-state index in [-0.39, 0.29) is 17.7 Å². The molecule has 1 atom stereocenters. The van der Waals surface area contributed by atoms with Gasteiger partial charge in [0.1, 0.15) is 0 Å². The van der Waals surface area contributed by atoms with Crippen LogP contribution in [0, 0.1) is 17.2 Å². The summed E-state index contributed by atoms with van der Waals surface area (Å²) < 4.78 is 0. The average Bonchev–Trinajstić information content (AvgIpc) is 2.74. The van der Waals surface area contributed by atoms with Gasteiger partial charge in [-0.3, -0.25) is 14.5 Å². The molecule has 0 aromatic heterocycles. The number of imide groups is 1. The summed E-state index contributed by atoms with van der Waals surface area (Å²) in [5, 5.41) is 11.6. The summed E-state index contributed by atoms with van der Waals surface area (Å²) >= 11 is 0. The Hall–Kier alpha value is -2.67. The van der Waals surface area contributed by atoms with Crippen LogP contribution in [0.15, 0.2) is 30.3 Å². The molecular formula is C24H26N2O2. The number of nitriles is 1. The number of carbonyl (C=O) groups is 2. The number of rotatable bonds is 5. The van der Waals surface area contributed by atoms with Gasteiger partial charge in [-0.25, -0.2) is 0 Å². The minimum atomic E-state index is -0.208. The van der Waals surface area contributed by atoms with Crippen molar-refractivity contribution >= 4 is 22.6 Å². The minimum Gasteiger partial charge on any atom is -0.274 e. The topological polar surface area (TPSA) is 61.2 Å². The number of carbonyl (C=O) groups excluding carboxylic acids is 2. The van der Waals surface area contributed by atoms with Crippen LogP contribution < -0.4 is 0 Å². The van der Waals surface area contributed by atoms with Crippen molar-refractivity contribution in [3.63, 3.8) is 0 Å². The quantitative estimate of drug-likeness (QED) is 0.656. The number of hydrogen-bond donors (Lipinski definition) is 0. The first kappa shape index (κ1) is 18.7. The monoisotopic (exact) mass is 374 g/mol. The predicted molar refractivity (Wildman–Crippen MR) is 109 cm³/mol. The second-order valence-electron chi connectivity index (χ2n) is 8.05. The lowest BCUT2D eigenvalue weighted by Gasteiger charge is -2.30. The molecular weight excluding hydrogens is 348 g/mol. The molecule has 1 saturated carbocycles. The zero-order valence-corrected chi connectivity index (χ0v) is 16.4. The van der Waals surface area contributed by atoms with Gasteiger partial charge in [0.05, 0.1) is 12.0 Å². The summed E-state index contributed by atoms with van der Waals surface area (Å²) in [6.45, 7) is 2.50. The first-order chi connectivity index (χ1) is 13.7. The van der Waals surface area contributed by atoms with Gasteiger partial charge in [-0.05, 0) is 48.3 Å². The van der Waals surface area contributed by atoms with E-state index in [0.717, 1.165) is 42.0 Å². The number of hydrogen-bond acceptors (Lipinski definition) is 3. The second-order valence-corrected chi connectivity index (χ2v) is 8.05. The lowest BCUT2D eigenvalue weighted by atomic mass is 9.75. The van der Waals surface area contributed by atoms with Gasteiger partial charge >= 0.3 is 0 Å². The standard InChI is InChI=1S/C24H26N2O2/c1-2-3-14-26-23(27)19-11-7-10-18-17(12-13-20(22(18)19)24(26)28)21(15-25)16-8-5-4-6-9-16/h7,10-13,16,21H,2-6,8-9,14H2,1H3. The Bertz CT molecular complexity index is 944. The molecule has 28 heavy (non-hydrogen) atoms. The van der Waals surface area contributed by atoms with Crippen molar-refractivity contribution in [3.8, 4) is 6.07 Å². The zero-order valence-electron chi connectivity index (χ0n) is 16.4. The fraction of sp³-hybridized carbons (Fsp3) is 0.458. The fourth-order valence-electron chi connectivity index (χ4n) is 4.86. The van der Waals surface area contributed by atoms with E-state index in [1.165, 1.54) is 24.2 Å². The van der Waals surface area contributed by atoms with Crippen molar-refractivity contribution in [1.29, 1.82) is 5.26 Å². The highest BCUT2D eigenvalue weighted by atomic mass is 16.2. The fourth-order valence-corrected chi connectivity index (χ4v) is 4.86. The zero-order chi connectivity index (χ0) is 19.7. The molecule has 1 aliphatic heterocycles. The van der Waals surface area contributed by atoms with E-state index >= 15 is 0 Å². The Balaban J connectivity index is 1.83. The Morgan fingerprint density at radius 1 is 1.07 bits per heavy atom. The average molecular weight is 374 g/mol. The molecule has 2 aromatic rings. The van der Waals surface area contributed by atoms with Gasteiger partial charge in [0.25, 0.3) is 11.8 Å². The lowest BCUT2D eigenvalue weighted by Crippen LogP contribution is -2.40. The molecule has 4 rings (SSSR count). The van der Waals surface area contributed by atoms with Gasteiger partial charge in [-0.1, -0.05) is 50.8 Å². The molecule has 0 radical (unpaired) electrons. The molecule has 4 heteroatoms. The van der Waals surface area contributed by atoms with Gasteiger partial charge in [0.2, 0.25) is 0 Å². The van der Waals surface area contributed by atoms with Crippen LogP contribution in [0.2, 0.25) is 0 Å². The van der Waals surface area contributed by atoms with Crippen LogP contribution >= 0.6 is 0 Å². The highest BCUT2D eigenvalue weighted by Gasteiger charge is 2.34. The van der Waals surface area contributed by atoms with E-state index in [2.05, 4.69) is 6.07 Å². The molecule has 2 aromatic carbocycles. The Labute approximate surface area is 166 Å². The van der Waals surface area contributed by atoms with Crippen molar-refractivity contribution in [1.82, 2.24) is 4.90 Å². The Kier molecular flexibility index (Phi) is 5.17. The van der Waals surface area contributed by atoms with Crippen LogP contribution in [-0.4, -0.2) is 23.3 Å². The summed E-state index contributed by atoms with van der Waals surface area (Å²) in [7, 11) is 0. The van der Waals surface area contributed by atoms with E-state index < -0.39 is 0 Å². The van der Waals surface area contributed by atoms with E-state index in [1.807, 2.05) is 37.3 Å². The van der Waals surface area contributed by atoms with E-state index in [0.29, 0.717) is 23.6 Å². The maximum absolute atomic E-state index is 13.0. The van der Waals surface area contributed by atoms with Crippen LogP contribution in [0.5, 0.6) is 0 Å². The second kappa shape index (κ2) is 7.75. The first-order valence-corrected chi connectivity index (χ1v) is 10.5. The molecule has 2 aliphatic rings. The molecule has 1 aliphatic carbocycles. The number of benzene rings is 2. The largest absolute Gasteiger partial charge is 0.274 e. The molecule has 0 saturated heterocycles. The van der Waals surface area contributed by atoms with Crippen LogP contribution in [0.4, 0.5) is 0 Å². The van der Waals surface area contributed by atoms with Crippen molar-refractivity contribution in [2.75, 3.05) is 6.54 Å².